The van der Waals surface area contributed by atoms with Crippen LogP contribution in [0.15, 0.2) is 45.4 Å². The highest BCUT2D eigenvalue weighted by atomic mass is 79.9. The number of halogens is 1. The summed E-state index contributed by atoms with van der Waals surface area (Å²) in [5.74, 6) is -0.322. The molecule has 0 amide bonds. The molecule has 0 radical (unpaired) electrons. The average molecular weight is 724 g/mol. The zero-order valence-electron chi connectivity index (χ0n) is 26.1. The topological polar surface area (TPSA) is 182 Å². The van der Waals surface area contributed by atoms with Crippen LogP contribution in [0.2, 0.25) is 0 Å². The molecule has 1 aliphatic heterocycles. The van der Waals surface area contributed by atoms with Crippen molar-refractivity contribution in [2.45, 2.75) is 77.7 Å². The molecule has 14 nitrogen and oxygen atoms in total. The Morgan fingerprint density at radius 1 is 1.30 bits per heavy atom. The van der Waals surface area contributed by atoms with Crippen molar-refractivity contribution < 1.29 is 32.6 Å². The first-order valence-corrected chi connectivity index (χ1v) is 17.7. The van der Waals surface area contributed by atoms with E-state index in [-0.39, 0.29) is 42.8 Å². The van der Waals surface area contributed by atoms with Gasteiger partial charge in [0, 0.05) is 22.7 Å². The van der Waals surface area contributed by atoms with Crippen LogP contribution >= 0.6 is 23.7 Å². The second-order valence-corrected chi connectivity index (χ2v) is 14.3. The molecule has 4 N–H and O–H groups in total. The normalized spacial score (nSPS) is 23.1. The third kappa shape index (κ3) is 8.64. The maximum Gasteiger partial charge on any atom is 0.459 e. The number of benzene rings is 1. The predicted molar refractivity (Wildman–Crippen MR) is 175 cm³/mol. The van der Waals surface area contributed by atoms with Gasteiger partial charge in [-0.2, -0.15) is 10.1 Å². The monoisotopic (exact) mass is 722 g/mol. The van der Waals surface area contributed by atoms with E-state index in [1.807, 2.05) is 13.8 Å². The Morgan fingerprint density at radius 2 is 2.09 bits per heavy atom. The van der Waals surface area contributed by atoms with Crippen LogP contribution in [0.3, 0.4) is 0 Å². The number of ether oxygens (including phenoxy) is 3. The first kappa shape index (κ1) is 34.3. The lowest BCUT2D eigenvalue weighted by atomic mass is 10.1. The Morgan fingerprint density at radius 3 is 2.80 bits per heavy atom. The van der Waals surface area contributed by atoms with E-state index in [4.69, 9.17) is 29.0 Å². The van der Waals surface area contributed by atoms with Crippen LogP contribution in [-0.2, 0) is 28.1 Å². The van der Waals surface area contributed by atoms with Crippen molar-refractivity contribution in [3.8, 4) is 5.75 Å². The molecule has 1 aliphatic carbocycles. The molecule has 2 fully saturated rings. The first-order chi connectivity index (χ1) is 22.0. The molecule has 16 heteroatoms. The highest BCUT2D eigenvalue weighted by molar-refractivity contribution is 9.10. The lowest BCUT2D eigenvalue weighted by Crippen LogP contribution is -2.37. The van der Waals surface area contributed by atoms with Gasteiger partial charge < -0.3 is 24.5 Å². The van der Waals surface area contributed by atoms with Gasteiger partial charge in [0.15, 0.2) is 17.5 Å². The van der Waals surface area contributed by atoms with Crippen LogP contribution in [0.1, 0.15) is 59.3 Å². The standard InChI is InChI=1S/C30H40BrN6O8P/c1-4-7-19(2)44-28(39)20(3)36-46(40,45-23-11-9-22(31)10-12-23)43-17-30(16-42-24-8-5-6-13-41-24)14-21(30)15-37-18-33-25-26(37)34-29(32)35-27(25)38/h9-12,15,18-20,24H,4-8,13-14,16-17H2,1-3H3,(H,36,40)(H3,32,34,35,38)/b21-15-/t19?,20?,24?,30-,46-/m0/s1. The highest BCUT2D eigenvalue weighted by Gasteiger charge is 2.52. The van der Waals surface area contributed by atoms with E-state index in [1.54, 1.807) is 42.0 Å². The van der Waals surface area contributed by atoms with Gasteiger partial charge in [-0.1, -0.05) is 29.3 Å². The number of hydrogen-bond donors (Lipinski definition) is 3. The number of aromatic nitrogens is 4. The summed E-state index contributed by atoms with van der Waals surface area (Å²) in [5.41, 5.74) is 5.93. The number of carbonyl (C=O) groups excluding carboxylic acids is 1. The fourth-order valence-electron chi connectivity index (χ4n) is 5.12. The van der Waals surface area contributed by atoms with Crippen LogP contribution in [0, 0.1) is 5.41 Å². The van der Waals surface area contributed by atoms with E-state index in [0.717, 1.165) is 35.7 Å². The number of hydrogen-bond acceptors (Lipinski definition) is 11. The number of nitrogens with zero attached hydrogens (tertiary/aromatic N) is 3. The van der Waals surface area contributed by atoms with Gasteiger partial charge in [-0.3, -0.25) is 23.7 Å². The molecular formula is C30H40BrN6O8P. The maximum atomic E-state index is 14.3. The smallest absolute Gasteiger partial charge is 0.459 e. The van der Waals surface area contributed by atoms with E-state index in [9.17, 15) is 14.2 Å². The van der Waals surface area contributed by atoms with Gasteiger partial charge in [0.25, 0.3) is 5.56 Å². The quantitative estimate of drug-likeness (QED) is 0.139. The Balaban J connectivity index is 1.39. The van der Waals surface area contributed by atoms with E-state index in [0.29, 0.717) is 25.1 Å². The molecule has 0 spiro atoms. The maximum absolute atomic E-state index is 14.3. The number of aromatic amines is 1. The first-order valence-electron chi connectivity index (χ1n) is 15.3. The van der Waals surface area contributed by atoms with Gasteiger partial charge in [0.2, 0.25) is 5.95 Å². The lowest BCUT2D eigenvalue weighted by molar-refractivity contribution is -0.171. The number of esters is 1. The minimum absolute atomic E-state index is 0.0327. The van der Waals surface area contributed by atoms with Crippen molar-refractivity contribution in [1.29, 1.82) is 0 Å². The van der Waals surface area contributed by atoms with Gasteiger partial charge in [0.05, 0.1) is 19.3 Å². The van der Waals surface area contributed by atoms with E-state index in [2.05, 4.69) is 36.0 Å². The number of imidazole rings is 1. The largest absolute Gasteiger partial charge is 0.462 e. The van der Waals surface area contributed by atoms with E-state index < -0.39 is 30.7 Å². The molecule has 5 rings (SSSR count). The van der Waals surface area contributed by atoms with Crippen molar-refractivity contribution in [1.82, 2.24) is 24.6 Å². The summed E-state index contributed by atoms with van der Waals surface area (Å²) in [4.78, 5) is 36.0. The van der Waals surface area contributed by atoms with Crippen molar-refractivity contribution in [3.05, 3.63) is 51.0 Å². The molecule has 3 heterocycles. The van der Waals surface area contributed by atoms with E-state index in [1.165, 1.54) is 6.33 Å². The van der Waals surface area contributed by atoms with Crippen LogP contribution in [0.25, 0.3) is 17.4 Å². The van der Waals surface area contributed by atoms with Crippen LogP contribution in [0.4, 0.5) is 5.95 Å². The number of carbonyl (C=O) groups is 1. The van der Waals surface area contributed by atoms with Crippen molar-refractivity contribution in [2.24, 2.45) is 5.41 Å². The second kappa shape index (κ2) is 14.8. The zero-order valence-corrected chi connectivity index (χ0v) is 28.6. The van der Waals surface area contributed by atoms with Gasteiger partial charge in [0.1, 0.15) is 18.1 Å². The van der Waals surface area contributed by atoms with Gasteiger partial charge in [-0.15, -0.1) is 0 Å². The SMILES string of the molecule is CCCC(C)OC(=O)C(C)N[P@](=O)(OC[C@@]1(COC2CCCCO2)C/C1=C/n1cnc2c(=O)[nH]c(N)nc21)Oc1ccc(Br)cc1. The fourth-order valence-corrected chi connectivity index (χ4v) is 6.96. The number of nitrogens with two attached hydrogens (primary N) is 1. The molecule has 5 atom stereocenters. The summed E-state index contributed by atoms with van der Waals surface area (Å²) in [5, 5.41) is 2.77. The van der Waals surface area contributed by atoms with Crippen LogP contribution in [0.5, 0.6) is 5.75 Å². The number of nitrogen functional groups attached to an aromatic ring is 1. The Bertz CT molecular complexity index is 1660. The van der Waals surface area contributed by atoms with Crippen LogP contribution < -0.4 is 20.9 Å². The predicted octanol–water partition coefficient (Wildman–Crippen LogP) is 5.15. The Labute approximate surface area is 275 Å². The molecule has 1 saturated heterocycles. The van der Waals surface area contributed by atoms with Crippen molar-refractivity contribution >= 4 is 53.0 Å². The third-order valence-corrected chi connectivity index (χ3v) is 9.93. The summed E-state index contributed by atoms with van der Waals surface area (Å²) in [6.45, 7) is 6.10. The van der Waals surface area contributed by atoms with Gasteiger partial charge in [-0.05, 0) is 75.8 Å². The summed E-state index contributed by atoms with van der Waals surface area (Å²) in [7, 11) is -4.16. The van der Waals surface area contributed by atoms with Crippen molar-refractivity contribution in [2.75, 3.05) is 25.6 Å². The minimum atomic E-state index is -4.16. The molecule has 3 aromatic rings. The molecule has 2 aromatic heterocycles. The average Bonchev–Trinajstić information content (AvgIpc) is 3.55. The molecule has 2 aliphatic rings. The summed E-state index contributed by atoms with van der Waals surface area (Å²) in [6, 6.07) is 5.77. The molecule has 1 saturated carbocycles. The molecular weight excluding hydrogens is 683 g/mol. The summed E-state index contributed by atoms with van der Waals surface area (Å²) in [6.07, 6.45) is 7.40. The number of H-pyrrole nitrogens is 1. The number of nitrogens with one attached hydrogen (secondary N) is 2. The van der Waals surface area contributed by atoms with Gasteiger partial charge in [-0.25, -0.2) is 9.55 Å². The molecule has 3 unspecified atom stereocenters. The number of rotatable bonds is 15. The van der Waals surface area contributed by atoms with Crippen LogP contribution in [-0.4, -0.2) is 63.7 Å². The Kier molecular flexibility index (Phi) is 11.0. The van der Waals surface area contributed by atoms with Crippen molar-refractivity contribution in [3.63, 3.8) is 0 Å². The third-order valence-electron chi connectivity index (χ3n) is 7.78. The molecule has 250 valence electrons. The second-order valence-electron chi connectivity index (χ2n) is 11.7. The van der Waals surface area contributed by atoms with E-state index >= 15 is 0 Å². The molecule has 0 bridgehead atoms. The highest BCUT2D eigenvalue weighted by Crippen LogP contribution is 2.57. The summed E-state index contributed by atoms with van der Waals surface area (Å²) < 4.78 is 46.2. The van der Waals surface area contributed by atoms with Gasteiger partial charge >= 0.3 is 13.7 Å². The summed E-state index contributed by atoms with van der Waals surface area (Å²) >= 11 is 3.39. The fraction of sp³-hybridized carbons (Fsp3) is 0.533. The number of fused-ring (bicyclic) bond motifs is 1. The number of anilines is 1. The Hall–Kier alpha value is -3.07. The molecule has 46 heavy (non-hydrogen) atoms. The minimum Gasteiger partial charge on any atom is -0.462 e. The lowest BCUT2D eigenvalue weighted by Gasteiger charge is -2.27. The molecule has 1 aromatic carbocycles. The zero-order chi connectivity index (χ0) is 32.9.